The first-order valence-corrected chi connectivity index (χ1v) is 4.57. The van der Waals surface area contributed by atoms with Crippen LogP contribution in [0.25, 0.3) is 0 Å². The minimum absolute atomic E-state index is 0.292. The third-order valence-corrected chi connectivity index (χ3v) is 2.21. The first-order chi connectivity index (χ1) is 6.60. The number of rotatable bonds is 2. The van der Waals surface area contributed by atoms with Gasteiger partial charge in [-0.3, -0.25) is 0 Å². The van der Waals surface area contributed by atoms with Crippen LogP contribution in [0.15, 0.2) is 12.1 Å². The number of hydrogen-bond donors (Lipinski definition) is 1. The summed E-state index contributed by atoms with van der Waals surface area (Å²) in [6.45, 7) is 3.85. The summed E-state index contributed by atoms with van der Waals surface area (Å²) < 4.78 is 4.72. The highest BCUT2D eigenvalue weighted by atomic mass is 16.5. The van der Waals surface area contributed by atoms with Crippen LogP contribution < -0.4 is 5.73 Å². The molecule has 1 aromatic carbocycles. The molecule has 14 heavy (non-hydrogen) atoms. The van der Waals surface area contributed by atoms with Crippen molar-refractivity contribution in [3.63, 3.8) is 0 Å². The number of methoxy groups -OCH3 is 1. The Hall–Kier alpha value is -1.51. The molecule has 0 fully saturated rings. The van der Waals surface area contributed by atoms with Crippen LogP contribution in [0.3, 0.4) is 0 Å². The van der Waals surface area contributed by atoms with Gasteiger partial charge in [-0.05, 0) is 36.6 Å². The number of nitrogen functional groups attached to an aromatic ring is 1. The van der Waals surface area contributed by atoms with Crippen molar-refractivity contribution in [2.75, 3.05) is 12.8 Å². The molecule has 3 heteroatoms. The van der Waals surface area contributed by atoms with Crippen LogP contribution in [-0.4, -0.2) is 13.1 Å². The van der Waals surface area contributed by atoms with E-state index in [-0.39, 0.29) is 5.97 Å². The highest BCUT2D eigenvalue weighted by molar-refractivity contribution is 5.93. The van der Waals surface area contributed by atoms with E-state index >= 15 is 0 Å². The van der Waals surface area contributed by atoms with Gasteiger partial charge in [-0.1, -0.05) is 6.92 Å². The number of aryl methyl sites for hydroxylation is 2. The molecule has 0 aliphatic rings. The van der Waals surface area contributed by atoms with Crippen molar-refractivity contribution >= 4 is 11.7 Å². The number of hydrogen-bond acceptors (Lipinski definition) is 3. The molecule has 1 rings (SSSR count). The summed E-state index contributed by atoms with van der Waals surface area (Å²) in [5.41, 5.74) is 8.83. The lowest BCUT2D eigenvalue weighted by atomic mass is 9.99. The molecule has 0 saturated carbocycles. The van der Waals surface area contributed by atoms with Gasteiger partial charge in [-0.15, -0.1) is 0 Å². The second-order valence-electron chi connectivity index (χ2n) is 3.22. The Kier molecular flexibility index (Phi) is 3.12. The summed E-state index contributed by atoms with van der Waals surface area (Å²) in [6.07, 6.45) is 0.774. The molecule has 76 valence electrons. The quantitative estimate of drug-likeness (QED) is 0.576. The van der Waals surface area contributed by atoms with Crippen LogP contribution in [0.2, 0.25) is 0 Å². The predicted octanol–water partition coefficient (Wildman–Crippen LogP) is 1.93. The maximum atomic E-state index is 11.5. The number of carbonyl (C=O) groups is 1. The Balaban J connectivity index is 3.32. The number of anilines is 1. The van der Waals surface area contributed by atoms with Gasteiger partial charge >= 0.3 is 5.97 Å². The van der Waals surface area contributed by atoms with Gasteiger partial charge in [-0.2, -0.15) is 0 Å². The molecule has 2 N–H and O–H groups in total. The van der Waals surface area contributed by atoms with Crippen LogP contribution in [-0.2, 0) is 11.2 Å². The van der Waals surface area contributed by atoms with Crippen LogP contribution in [0.5, 0.6) is 0 Å². The summed E-state index contributed by atoms with van der Waals surface area (Å²) in [5.74, 6) is -0.292. The molecule has 0 saturated heterocycles. The van der Waals surface area contributed by atoms with E-state index in [1.54, 1.807) is 6.07 Å². The molecule has 0 atom stereocenters. The second-order valence-corrected chi connectivity index (χ2v) is 3.22. The monoisotopic (exact) mass is 193 g/mol. The molecule has 0 aliphatic carbocycles. The van der Waals surface area contributed by atoms with E-state index in [1.165, 1.54) is 7.11 Å². The Labute approximate surface area is 83.9 Å². The van der Waals surface area contributed by atoms with E-state index < -0.39 is 0 Å². The Morgan fingerprint density at radius 2 is 2.14 bits per heavy atom. The summed E-state index contributed by atoms with van der Waals surface area (Å²) in [6, 6.07) is 3.60. The lowest BCUT2D eigenvalue weighted by molar-refractivity contribution is 0.0599. The fourth-order valence-electron chi connectivity index (χ4n) is 1.56. The van der Waals surface area contributed by atoms with E-state index in [0.717, 1.165) is 17.5 Å². The number of ether oxygens (including phenoxy) is 1. The normalized spacial score (nSPS) is 9.93. The number of benzene rings is 1. The van der Waals surface area contributed by atoms with Gasteiger partial charge in [0.1, 0.15) is 0 Å². The van der Waals surface area contributed by atoms with Crippen molar-refractivity contribution in [2.24, 2.45) is 0 Å². The van der Waals surface area contributed by atoms with Crippen molar-refractivity contribution in [1.82, 2.24) is 0 Å². The molecule has 3 nitrogen and oxygen atoms in total. The van der Waals surface area contributed by atoms with Gasteiger partial charge in [0.25, 0.3) is 0 Å². The Morgan fingerprint density at radius 3 is 2.64 bits per heavy atom. The number of carbonyl (C=O) groups excluding carboxylic acids is 1. The van der Waals surface area contributed by atoms with Crippen molar-refractivity contribution in [3.8, 4) is 0 Å². The molecule has 0 aromatic heterocycles. The van der Waals surface area contributed by atoms with Crippen LogP contribution >= 0.6 is 0 Å². The van der Waals surface area contributed by atoms with Crippen molar-refractivity contribution in [2.45, 2.75) is 20.3 Å². The average molecular weight is 193 g/mol. The number of esters is 1. The molecule has 0 aliphatic heterocycles. The summed E-state index contributed by atoms with van der Waals surface area (Å²) in [4.78, 5) is 11.5. The van der Waals surface area contributed by atoms with E-state index in [1.807, 2.05) is 19.9 Å². The summed E-state index contributed by atoms with van der Waals surface area (Å²) >= 11 is 0. The van der Waals surface area contributed by atoms with Crippen LogP contribution in [0, 0.1) is 6.92 Å². The van der Waals surface area contributed by atoms with Gasteiger partial charge in [0, 0.05) is 5.69 Å². The zero-order valence-electron chi connectivity index (χ0n) is 8.76. The zero-order valence-corrected chi connectivity index (χ0v) is 8.76. The SMILES string of the molecule is CCc1cc(N)cc(C)c1C(=O)OC. The van der Waals surface area contributed by atoms with E-state index in [4.69, 9.17) is 10.5 Å². The number of nitrogens with two attached hydrogens (primary N) is 1. The van der Waals surface area contributed by atoms with Gasteiger partial charge in [0.05, 0.1) is 12.7 Å². The van der Waals surface area contributed by atoms with Crippen molar-refractivity contribution in [3.05, 3.63) is 28.8 Å². The smallest absolute Gasteiger partial charge is 0.338 e. The topological polar surface area (TPSA) is 52.3 Å². The van der Waals surface area contributed by atoms with Crippen LogP contribution in [0.4, 0.5) is 5.69 Å². The first kappa shape index (κ1) is 10.6. The van der Waals surface area contributed by atoms with Gasteiger partial charge in [0.15, 0.2) is 0 Å². The minimum Gasteiger partial charge on any atom is -0.465 e. The molecule has 0 radical (unpaired) electrons. The van der Waals surface area contributed by atoms with E-state index in [2.05, 4.69) is 0 Å². The molecule has 1 aromatic rings. The van der Waals surface area contributed by atoms with Crippen molar-refractivity contribution < 1.29 is 9.53 Å². The maximum absolute atomic E-state index is 11.5. The van der Waals surface area contributed by atoms with E-state index in [9.17, 15) is 4.79 Å². The molecule has 0 amide bonds. The maximum Gasteiger partial charge on any atom is 0.338 e. The van der Waals surface area contributed by atoms with Gasteiger partial charge < -0.3 is 10.5 Å². The summed E-state index contributed by atoms with van der Waals surface area (Å²) in [5, 5.41) is 0. The summed E-state index contributed by atoms with van der Waals surface area (Å²) in [7, 11) is 1.39. The average Bonchev–Trinajstić information content (AvgIpc) is 2.15. The van der Waals surface area contributed by atoms with E-state index in [0.29, 0.717) is 11.3 Å². The molecule has 0 spiro atoms. The van der Waals surface area contributed by atoms with Crippen LogP contribution in [0.1, 0.15) is 28.4 Å². The van der Waals surface area contributed by atoms with Gasteiger partial charge in [0.2, 0.25) is 0 Å². The fourth-order valence-corrected chi connectivity index (χ4v) is 1.56. The van der Waals surface area contributed by atoms with Gasteiger partial charge in [-0.25, -0.2) is 4.79 Å². The molecule has 0 heterocycles. The highest BCUT2D eigenvalue weighted by Gasteiger charge is 2.14. The highest BCUT2D eigenvalue weighted by Crippen LogP contribution is 2.20. The predicted molar refractivity (Wildman–Crippen MR) is 56.3 cm³/mol. The molecule has 0 unspecified atom stereocenters. The zero-order chi connectivity index (χ0) is 10.7. The first-order valence-electron chi connectivity index (χ1n) is 4.57. The largest absolute Gasteiger partial charge is 0.465 e. The fraction of sp³-hybridized carbons (Fsp3) is 0.364. The Morgan fingerprint density at radius 1 is 1.50 bits per heavy atom. The molecular weight excluding hydrogens is 178 g/mol. The third-order valence-electron chi connectivity index (χ3n) is 2.21. The van der Waals surface area contributed by atoms with Crippen molar-refractivity contribution in [1.29, 1.82) is 0 Å². The lowest BCUT2D eigenvalue weighted by Gasteiger charge is -2.10. The standard InChI is InChI=1S/C11H15NO2/c1-4-8-6-9(12)5-7(2)10(8)11(13)14-3/h5-6H,4,12H2,1-3H3. The lowest BCUT2D eigenvalue weighted by Crippen LogP contribution is -2.08. The molecular formula is C11H15NO2. The minimum atomic E-state index is -0.292. The second kappa shape index (κ2) is 4.13. The Bertz CT molecular complexity index is 359. The molecule has 0 bridgehead atoms. The third kappa shape index (κ3) is 1.87.